The van der Waals surface area contributed by atoms with Gasteiger partial charge in [0.2, 0.25) is 0 Å². The van der Waals surface area contributed by atoms with Gasteiger partial charge in [-0.15, -0.1) is 0 Å². The lowest BCUT2D eigenvalue weighted by atomic mass is 10.1. The third kappa shape index (κ3) is 4.86. The van der Waals surface area contributed by atoms with Crippen LogP contribution in [0.1, 0.15) is 36.0 Å². The topological polar surface area (TPSA) is 17.1 Å². The quantitative estimate of drug-likeness (QED) is 0.403. The molecule has 0 fully saturated rings. The van der Waals surface area contributed by atoms with Gasteiger partial charge in [-0.1, -0.05) is 45.6 Å². The SMILES string of the molecule is O=C(CCCCCBr)c1cc(Cl)cc(Cl)c1. The number of alkyl halides is 1. The molecule has 1 aromatic carbocycles. The highest BCUT2D eigenvalue weighted by Gasteiger charge is 2.07. The molecule has 1 nitrogen and oxygen atoms in total. The van der Waals surface area contributed by atoms with E-state index in [9.17, 15) is 4.79 Å². The maximum absolute atomic E-state index is 11.8. The van der Waals surface area contributed by atoms with E-state index >= 15 is 0 Å². The molecule has 88 valence electrons. The minimum atomic E-state index is 0.110. The van der Waals surface area contributed by atoms with Gasteiger partial charge in [0.1, 0.15) is 0 Å². The Bertz CT molecular complexity index is 346. The van der Waals surface area contributed by atoms with Crippen LogP contribution in [0, 0.1) is 0 Å². The van der Waals surface area contributed by atoms with Gasteiger partial charge in [0.05, 0.1) is 0 Å². The minimum Gasteiger partial charge on any atom is -0.294 e. The number of carbonyl (C=O) groups is 1. The van der Waals surface area contributed by atoms with Crippen molar-refractivity contribution in [3.05, 3.63) is 33.8 Å². The maximum Gasteiger partial charge on any atom is 0.162 e. The Kier molecular flexibility index (Phi) is 6.40. The Balaban J connectivity index is 2.52. The van der Waals surface area contributed by atoms with Crippen molar-refractivity contribution < 1.29 is 4.79 Å². The molecule has 0 amide bonds. The first-order valence-electron chi connectivity index (χ1n) is 5.18. The summed E-state index contributed by atoms with van der Waals surface area (Å²) >= 11 is 15.0. The minimum absolute atomic E-state index is 0.110. The number of hydrogen-bond acceptors (Lipinski definition) is 1. The lowest BCUT2D eigenvalue weighted by Gasteiger charge is -2.02. The molecular weight excluding hydrogens is 311 g/mol. The molecule has 0 aliphatic carbocycles. The summed E-state index contributed by atoms with van der Waals surface area (Å²) in [5, 5.41) is 2.01. The summed E-state index contributed by atoms with van der Waals surface area (Å²) in [6, 6.07) is 4.96. The summed E-state index contributed by atoms with van der Waals surface area (Å²) in [5.74, 6) is 0.110. The predicted octanol–water partition coefficient (Wildman–Crippen LogP) is 5.13. The molecule has 0 saturated carbocycles. The van der Waals surface area contributed by atoms with Crippen molar-refractivity contribution >= 4 is 44.9 Å². The van der Waals surface area contributed by atoms with E-state index < -0.39 is 0 Å². The summed E-state index contributed by atoms with van der Waals surface area (Å²) in [5.41, 5.74) is 0.608. The predicted molar refractivity (Wildman–Crippen MR) is 73.1 cm³/mol. The zero-order valence-electron chi connectivity index (χ0n) is 8.81. The first kappa shape index (κ1) is 14.0. The van der Waals surface area contributed by atoms with Crippen LogP contribution in [0.3, 0.4) is 0 Å². The van der Waals surface area contributed by atoms with Crippen molar-refractivity contribution in [1.29, 1.82) is 0 Å². The van der Waals surface area contributed by atoms with E-state index in [-0.39, 0.29) is 5.78 Å². The standard InChI is InChI=1S/C12H13BrCl2O/c13-5-3-1-2-4-12(16)9-6-10(14)8-11(15)7-9/h6-8H,1-5H2. The molecule has 4 heteroatoms. The van der Waals surface area contributed by atoms with Crippen molar-refractivity contribution in [2.45, 2.75) is 25.7 Å². The third-order valence-corrected chi connectivity index (χ3v) is 3.22. The summed E-state index contributed by atoms with van der Waals surface area (Å²) in [4.78, 5) is 11.8. The molecule has 0 atom stereocenters. The fraction of sp³-hybridized carbons (Fsp3) is 0.417. The van der Waals surface area contributed by atoms with Gasteiger partial charge in [-0.3, -0.25) is 4.79 Å². The van der Waals surface area contributed by atoms with Crippen LogP contribution in [0.4, 0.5) is 0 Å². The van der Waals surface area contributed by atoms with Crippen LogP contribution in [-0.2, 0) is 0 Å². The number of ketones is 1. The first-order chi connectivity index (χ1) is 7.63. The van der Waals surface area contributed by atoms with E-state index in [0.29, 0.717) is 22.0 Å². The molecule has 0 spiro atoms. The molecule has 1 aromatic rings. The van der Waals surface area contributed by atoms with Crippen LogP contribution in [0.5, 0.6) is 0 Å². The van der Waals surface area contributed by atoms with Gasteiger partial charge >= 0.3 is 0 Å². The molecule has 0 aromatic heterocycles. The number of hydrogen-bond donors (Lipinski definition) is 0. The average Bonchev–Trinajstić information content (AvgIpc) is 2.22. The van der Waals surface area contributed by atoms with Crippen molar-refractivity contribution in [3.8, 4) is 0 Å². The Morgan fingerprint density at radius 1 is 1.06 bits per heavy atom. The van der Waals surface area contributed by atoms with Crippen molar-refractivity contribution in [2.75, 3.05) is 5.33 Å². The zero-order chi connectivity index (χ0) is 12.0. The van der Waals surface area contributed by atoms with Crippen LogP contribution in [0.25, 0.3) is 0 Å². The highest BCUT2D eigenvalue weighted by Crippen LogP contribution is 2.20. The summed E-state index contributed by atoms with van der Waals surface area (Å²) in [6.07, 6.45) is 3.63. The van der Waals surface area contributed by atoms with Crippen LogP contribution < -0.4 is 0 Å². The largest absolute Gasteiger partial charge is 0.294 e. The second-order valence-corrected chi connectivity index (χ2v) is 5.25. The van der Waals surface area contributed by atoms with Gasteiger partial charge in [-0.25, -0.2) is 0 Å². The molecule has 0 aliphatic heterocycles. The van der Waals surface area contributed by atoms with Gasteiger partial charge in [-0.2, -0.15) is 0 Å². The van der Waals surface area contributed by atoms with Crippen molar-refractivity contribution in [2.24, 2.45) is 0 Å². The zero-order valence-corrected chi connectivity index (χ0v) is 11.9. The number of halogens is 3. The first-order valence-corrected chi connectivity index (χ1v) is 7.06. The normalized spacial score (nSPS) is 10.4. The Morgan fingerprint density at radius 2 is 1.69 bits per heavy atom. The molecular formula is C12H13BrCl2O. The van der Waals surface area contributed by atoms with Crippen LogP contribution in [0.2, 0.25) is 10.0 Å². The van der Waals surface area contributed by atoms with Crippen LogP contribution in [-0.4, -0.2) is 11.1 Å². The van der Waals surface area contributed by atoms with Gasteiger partial charge in [-0.05, 0) is 31.0 Å². The molecule has 0 aliphatic rings. The van der Waals surface area contributed by atoms with Crippen LogP contribution in [0.15, 0.2) is 18.2 Å². The van der Waals surface area contributed by atoms with E-state index in [1.54, 1.807) is 18.2 Å². The number of Topliss-reactive ketones (excluding diaryl/α,β-unsaturated/α-hetero) is 1. The Morgan fingerprint density at radius 3 is 2.25 bits per heavy atom. The van der Waals surface area contributed by atoms with E-state index in [1.165, 1.54) is 0 Å². The second kappa shape index (κ2) is 7.31. The van der Waals surface area contributed by atoms with Crippen LogP contribution >= 0.6 is 39.1 Å². The second-order valence-electron chi connectivity index (χ2n) is 3.58. The van der Waals surface area contributed by atoms with E-state index in [0.717, 1.165) is 24.6 Å². The summed E-state index contributed by atoms with van der Waals surface area (Å²) < 4.78 is 0. The Hall–Kier alpha value is -0.0500. The Labute approximate surface area is 114 Å². The fourth-order valence-corrected chi connectivity index (χ4v) is 2.34. The average molecular weight is 324 g/mol. The number of benzene rings is 1. The molecule has 1 rings (SSSR count). The van der Waals surface area contributed by atoms with Crippen molar-refractivity contribution in [1.82, 2.24) is 0 Å². The number of unbranched alkanes of at least 4 members (excludes halogenated alkanes) is 2. The van der Waals surface area contributed by atoms with Gasteiger partial charge in [0.15, 0.2) is 5.78 Å². The monoisotopic (exact) mass is 322 g/mol. The highest BCUT2D eigenvalue weighted by atomic mass is 79.9. The van der Waals surface area contributed by atoms with E-state index in [2.05, 4.69) is 15.9 Å². The fourth-order valence-electron chi connectivity index (χ4n) is 1.42. The van der Waals surface area contributed by atoms with Gasteiger partial charge in [0.25, 0.3) is 0 Å². The van der Waals surface area contributed by atoms with Gasteiger partial charge < -0.3 is 0 Å². The smallest absolute Gasteiger partial charge is 0.162 e. The molecule has 0 N–H and O–H groups in total. The molecule has 0 heterocycles. The highest BCUT2D eigenvalue weighted by molar-refractivity contribution is 9.09. The number of rotatable bonds is 6. The van der Waals surface area contributed by atoms with Crippen molar-refractivity contribution in [3.63, 3.8) is 0 Å². The third-order valence-electron chi connectivity index (χ3n) is 2.22. The molecule has 0 bridgehead atoms. The summed E-state index contributed by atoms with van der Waals surface area (Å²) in [7, 11) is 0. The molecule has 16 heavy (non-hydrogen) atoms. The maximum atomic E-state index is 11.8. The molecule has 0 saturated heterocycles. The summed E-state index contributed by atoms with van der Waals surface area (Å²) in [6.45, 7) is 0. The van der Waals surface area contributed by atoms with E-state index in [1.807, 2.05) is 0 Å². The van der Waals surface area contributed by atoms with Gasteiger partial charge in [0, 0.05) is 27.4 Å². The number of carbonyl (C=O) groups excluding carboxylic acids is 1. The molecule has 0 unspecified atom stereocenters. The van der Waals surface area contributed by atoms with E-state index in [4.69, 9.17) is 23.2 Å². The lowest BCUT2D eigenvalue weighted by Crippen LogP contribution is -1.99. The molecule has 0 radical (unpaired) electrons. The lowest BCUT2D eigenvalue weighted by molar-refractivity contribution is 0.0979.